The van der Waals surface area contributed by atoms with E-state index in [4.69, 9.17) is 0 Å². The third-order valence-electron chi connectivity index (χ3n) is 8.59. The highest BCUT2D eigenvalue weighted by Crippen LogP contribution is 2.46. The number of carbonyl (C=O) groups is 6. The first-order valence-electron chi connectivity index (χ1n) is 13.6. The molecule has 2 aliphatic heterocycles. The van der Waals surface area contributed by atoms with Gasteiger partial charge in [0.1, 0.15) is 6.54 Å². The van der Waals surface area contributed by atoms with Gasteiger partial charge >= 0.3 is 11.9 Å². The summed E-state index contributed by atoms with van der Waals surface area (Å²) < 4.78 is 0. The Morgan fingerprint density at radius 1 is 0.523 bits per heavy atom. The van der Waals surface area contributed by atoms with Gasteiger partial charge in [0, 0.05) is 33.0 Å². The number of imide groups is 2. The van der Waals surface area contributed by atoms with E-state index in [0.29, 0.717) is 48.7 Å². The van der Waals surface area contributed by atoms with Crippen molar-refractivity contribution in [3.05, 3.63) is 101 Å². The second-order valence-corrected chi connectivity index (χ2v) is 10.9. The summed E-state index contributed by atoms with van der Waals surface area (Å²) >= 11 is 0. The molecule has 4 amide bonds. The lowest BCUT2D eigenvalue weighted by atomic mass is 9.82. The fraction of sp³-hybridized carbons (Fsp3) is 0.0588. The molecule has 0 radical (unpaired) electrons. The average molecular weight is 583 g/mol. The number of carbonyl (C=O) groups excluding carboxylic acids is 4. The van der Waals surface area contributed by atoms with Crippen LogP contribution in [-0.2, 0) is 16.0 Å². The zero-order chi connectivity index (χ0) is 30.6. The third kappa shape index (κ3) is 3.19. The minimum Gasteiger partial charge on any atom is -0.481 e. The van der Waals surface area contributed by atoms with Gasteiger partial charge < -0.3 is 10.2 Å². The van der Waals surface area contributed by atoms with E-state index in [2.05, 4.69) is 0 Å². The maximum Gasteiger partial charge on any atom is 0.323 e. The number of benzene rings is 6. The first-order chi connectivity index (χ1) is 21.2. The lowest BCUT2D eigenvalue weighted by molar-refractivity contribution is -0.137. The minimum absolute atomic E-state index is 0.208. The molecule has 44 heavy (non-hydrogen) atoms. The average Bonchev–Trinajstić information content (AvgIpc) is 3.00. The number of carboxylic acid groups (broad SMARTS) is 2. The quantitative estimate of drug-likeness (QED) is 0.167. The van der Waals surface area contributed by atoms with Crippen molar-refractivity contribution in [2.75, 3.05) is 11.4 Å². The fourth-order valence-corrected chi connectivity index (χ4v) is 6.86. The number of anilines is 1. The number of nitrogens with zero attached hydrogens (tertiary/aromatic N) is 2. The van der Waals surface area contributed by atoms with Crippen LogP contribution < -0.4 is 4.90 Å². The Bertz CT molecular complexity index is 2270. The molecular weight excluding hydrogens is 564 g/mol. The molecule has 8 rings (SSSR count). The van der Waals surface area contributed by atoms with E-state index in [1.165, 1.54) is 0 Å². The monoisotopic (exact) mass is 582 g/mol. The van der Waals surface area contributed by atoms with E-state index in [1.807, 2.05) is 0 Å². The molecule has 2 heterocycles. The second-order valence-electron chi connectivity index (χ2n) is 10.9. The van der Waals surface area contributed by atoms with Crippen LogP contribution in [0.15, 0.2) is 72.8 Å². The molecule has 0 saturated heterocycles. The first kappa shape index (κ1) is 25.5. The standard InChI is InChI=1S/C34H18N2O8/c37-25(38)13-15-3-1-2-4-24(15)36-33(43)22-11-7-18-16-5-9-20-29-21(32(42)35(31(20)41)14-26(39)40)10-6-17(27(16)29)19-8-12-23(34(36)44)30(22)28(18)19/h1-12H,13-14H2,(H,37,38)(H,39,40). The van der Waals surface area contributed by atoms with Crippen molar-refractivity contribution in [1.82, 2.24) is 4.90 Å². The highest BCUT2D eigenvalue weighted by Gasteiger charge is 2.38. The molecule has 0 bridgehead atoms. The predicted octanol–water partition coefficient (Wildman–Crippen LogP) is 4.85. The Morgan fingerprint density at radius 3 is 1.39 bits per heavy atom. The van der Waals surface area contributed by atoms with Crippen molar-refractivity contribution >= 4 is 84.3 Å². The van der Waals surface area contributed by atoms with E-state index < -0.39 is 42.1 Å². The van der Waals surface area contributed by atoms with E-state index >= 15 is 0 Å². The summed E-state index contributed by atoms with van der Waals surface area (Å²) in [7, 11) is 0. The molecule has 0 atom stereocenters. The molecule has 0 aliphatic carbocycles. The predicted molar refractivity (Wildman–Crippen MR) is 160 cm³/mol. The van der Waals surface area contributed by atoms with Crippen LogP contribution in [0, 0.1) is 0 Å². The molecule has 6 aromatic carbocycles. The number of carboxylic acids is 2. The van der Waals surface area contributed by atoms with Gasteiger partial charge in [-0.05, 0) is 68.2 Å². The van der Waals surface area contributed by atoms with E-state index in [0.717, 1.165) is 9.80 Å². The van der Waals surface area contributed by atoms with Crippen molar-refractivity contribution in [1.29, 1.82) is 0 Å². The maximum absolute atomic E-state index is 14.0. The third-order valence-corrected chi connectivity index (χ3v) is 8.59. The van der Waals surface area contributed by atoms with Gasteiger partial charge in [0.15, 0.2) is 0 Å². The molecule has 212 valence electrons. The number of para-hydroxylation sites is 1. The molecule has 2 N–H and O–H groups in total. The Kier molecular flexibility index (Phi) is 5.04. The molecule has 0 aromatic heterocycles. The molecule has 0 unspecified atom stereocenters. The normalized spacial score (nSPS) is 14.5. The van der Waals surface area contributed by atoms with Crippen LogP contribution in [0.1, 0.15) is 47.0 Å². The molecule has 10 nitrogen and oxygen atoms in total. The number of amides is 4. The van der Waals surface area contributed by atoms with Gasteiger partial charge in [-0.3, -0.25) is 33.7 Å². The van der Waals surface area contributed by atoms with Crippen LogP contribution >= 0.6 is 0 Å². The summed E-state index contributed by atoms with van der Waals surface area (Å²) in [5.74, 6) is -4.93. The second kappa shape index (κ2) is 8.68. The smallest absolute Gasteiger partial charge is 0.323 e. The fourth-order valence-electron chi connectivity index (χ4n) is 6.86. The lowest BCUT2D eigenvalue weighted by Gasteiger charge is -2.30. The molecule has 0 spiro atoms. The molecule has 2 aliphatic rings. The van der Waals surface area contributed by atoms with Gasteiger partial charge in [-0.25, -0.2) is 4.90 Å². The zero-order valence-corrected chi connectivity index (χ0v) is 22.6. The highest BCUT2D eigenvalue weighted by molar-refractivity contribution is 6.43. The largest absolute Gasteiger partial charge is 0.481 e. The van der Waals surface area contributed by atoms with Crippen LogP contribution in [0.2, 0.25) is 0 Å². The molecule has 6 aromatic rings. The van der Waals surface area contributed by atoms with Crippen molar-refractivity contribution < 1.29 is 39.0 Å². The topological polar surface area (TPSA) is 149 Å². The van der Waals surface area contributed by atoms with Crippen LogP contribution in [-0.4, -0.2) is 57.2 Å². The van der Waals surface area contributed by atoms with E-state index in [9.17, 15) is 39.0 Å². The highest BCUT2D eigenvalue weighted by atomic mass is 16.4. The summed E-state index contributed by atoms with van der Waals surface area (Å²) in [6.45, 7) is -0.754. The van der Waals surface area contributed by atoms with Gasteiger partial charge in [0.25, 0.3) is 23.6 Å². The van der Waals surface area contributed by atoms with Crippen molar-refractivity contribution in [2.24, 2.45) is 0 Å². The summed E-state index contributed by atoms with van der Waals surface area (Å²) in [6, 6.07) is 19.9. The van der Waals surface area contributed by atoms with E-state index in [-0.39, 0.29) is 34.4 Å². The number of fused-ring (bicyclic) bond motifs is 2. The summed E-state index contributed by atoms with van der Waals surface area (Å²) in [5, 5.41) is 23.8. The number of hydrogen-bond acceptors (Lipinski definition) is 6. The Labute approximate surface area is 246 Å². The van der Waals surface area contributed by atoms with Gasteiger partial charge in [-0.2, -0.15) is 0 Å². The Balaban J connectivity index is 1.40. The van der Waals surface area contributed by atoms with Crippen molar-refractivity contribution in [3.8, 4) is 0 Å². The van der Waals surface area contributed by atoms with Crippen molar-refractivity contribution in [3.63, 3.8) is 0 Å². The minimum atomic E-state index is -1.30. The molecule has 0 fully saturated rings. The zero-order valence-electron chi connectivity index (χ0n) is 22.6. The van der Waals surface area contributed by atoms with Crippen LogP contribution in [0.4, 0.5) is 5.69 Å². The van der Waals surface area contributed by atoms with Crippen molar-refractivity contribution in [2.45, 2.75) is 6.42 Å². The van der Waals surface area contributed by atoms with E-state index in [1.54, 1.807) is 72.8 Å². The molecule has 10 heteroatoms. The van der Waals surface area contributed by atoms with Crippen LogP contribution in [0.25, 0.3) is 43.1 Å². The number of aliphatic carboxylic acids is 2. The summed E-state index contributed by atoms with van der Waals surface area (Å²) in [4.78, 5) is 79.2. The summed E-state index contributed by atoms with van der Waals surface area (Å²) in [5.41, 5.74) is 1.55. The first-order valence-corrected chi connectivity index (χ1v) is 13.6. The maximum atomic E-state index is 14.0. The number of hydrogen-bond donors (Lipinski definition) is 2. The van der Waals surface area contributed by atoms with Crippen LogP contribution in [0.3, 0.4) is 0 Å². The molecular formula is C34H18N2O8. The Hall–Kier alpha value is -6.16. The van der Waals surface area contributed by atoms with Gasteiger partial charge in [-0.15, -0.1) is 0 Å². The van der Waals surface area contributed by atoms with Gasteiger partial charge in [-0.1, -0.05) is 42.5 Å². The number of rotatable bonds is 5. The van der Waals surface area contributed by atoms with Gasteiger partial charge in [0.2, 0.25) is 0 Å². The lowest BCUT2D eigenvalue weighted by Crippen LogP contribution is -2.43. The van der Waals surface area contributed by atoms with Gasteiger partial charge in [0.05, 0.1) is 12.1 Å². The molecule has 0 saturated carbocycles. The Morgan fingerprint density at radius 2 is 0.955 bits per heavy atom. The summed E-state index contributed by atoms with van der Waals surface area (Å²) in [6.07, 6.45) is -0.364. The van der Waals surface area contributed by atoms with Crippen LogP contribution in [0.5, 0.6) is 0 Å². The SMILES string of the molecule is O=C(O)Cc1ccccc1N1C(=O)c2ccc3c4ccc5c6c(ccc(c7ccc(c2c37)C1=O)c64)C(=O)N(CC(=O)O)C5=O.